The van der Waals surface area contributed by atoms with E-state index in [9.17, 15) is 4.79 Å². The summed E-state index contributed by atoms with van der Waals surface area (Å²) >= 11 is 11.8. The zero-order valence-electron chi connectivity index (χ0n) is 6.98. The van der Waals surface area contributed by atoms with Crippen molar-refractivity contribution in [3.63, 3.8) is 0 Å². The predicted octanol–water partition coefficient (Wildman–Crippen LogP) is 2.18. The molecular formula is C8H12Cl2O2. The van der Waals surface area contributed by atoms with Gasteiger partial charge in [-0.2, -0.15) is 0 Å². The molecule has 0 spiro atoms. The third kappa shape index (κ3) is 1.55. The van der Waals surface area contributed by atoms with E-state index in [0.29, 0.717) is 18.9 Å². The molecule has 0 radical (unpaired) electrons. The van der Waals surface area contributed by atoms with Crippen LogP contribution in [-0.2, 0) is 9.53 Å². The second-order valence-electron chi connectivity index (χ2n) is 3.06. The Hall–Kier alpha value is 0.0500. The first-order valence-corrected chi connectivity index (χ1v) is 4.98. The van der Waals surface area contributed by atoms with E-state index >= 15 is 0 Å². The van der Waals surface area contributed by atoms with Crippen LogP contribution in [0, 0.1) is 5.92 Å². The molecule has 1 saturated heterocycles. The maximum Gasteiger partial charge on any atom is 0.327 e. The highest BCUT2D eigenvalue weighted by Crippen LogP contribution is 2.38. The number of carbonyl (C=O) groups is 1. The molecule has 1 heterocycles. The number of hydrogen-bond acceptors (Lipinski definition) is 2. The van der Waals surface area contributed by atoms with Gasteiger partial charge in [0.1, 0.15) is 4.87 Å². The molecule has 0 amide bonds. The molecule has 0 unspecified atom stereocenters. The lowest BCUT2D eigenvalue weighted by atomic mass is 9.92. The van der Waals surface area contributed by atoms with Crippen LogP contribution in [0.1, 0.15) is 19.8 Å². The van der Waals surface area contributed by atoms with E-state index in [4.69, 9.17) is 27.9 Å². The maximum absolute atomic E-state index is 11.2. The molecule has 1 fully saturated rings. The van der Waals surface area contributed by atoms with Gasteiger partial charge in [0, 0.05) is 11.8 Å². The molecule has 1 aliphatic heterocycles. The summed E-state index contributed by atoms with van der Waals surface area (Å²) in [4.78, 5) is 10.4. The smallest absolute Gasteiger partial charge is 0.327 e. The molecule has 0 aliphatic carbocycles. The Morgan fingerprint density at radius 2 is 2.42 bits per heavy atom. The number of halogens is 2. The van der Waals surface area contributed by atoms with Gasteiger partial charge in [0.25, 0.3) is 0 Å². The Kier molecular flexibility index (Phi) is 3.24. The number of carbonyl (C=O) groups excluding carboxylic acids is 1. The predicted molar refractivity (Wildman–Crippen MR) is 48.7 cm³/mol. The van der Waals surface area contributed by atoms with Crippen LogP contribution in [0.2, 0.25) is 0 Å². The zero-order chi connectivity index (χ0) is 9.19. The Labute approximate surface area is 82.2 Å². The van der Waals surface area contributed by atoms with Crippen LogP contribution < -0.4 is 0 Å². The minimum absolute atomic E-state index is 0.0340. The molecule has 0 aromatic carbocycles. The minimum Gasteiger partial charge on any atom is -0.464 e. The van der Waals surface area contributed by atoms with Gasteiger partial charge in [0.05, 0.1) is 6.61 Å². The molecule has 2 atom stereocenters. The quantitative estimate of drug-likeness (QED) is 0.528. The highest BCUT2D eigenvalue weighted by atomic mass is 35.5. The molecular weight excluding hydrogens is 199 g/mol. The summed E-state index contributed by atoms with van der Waals surface area (Å²) in [7, 11) is 0. The largest absolute Gasteiger partial charge is 0.464 e. The molecule has 1 aliphatic rings. The van der Waals surface area contributed by atoms with E-state index in [1.165, 1.54) is 0 Å². The van der Waals surface area contributed by atoms with Crippen molar-refractivity contribution in [1.82, 2.24) is 0 Å². The fourth-order valence-corrected chi connectivity index (χ4v) is 2.25. The lowest BCUT2D eigenvalue weighted by Gasteiger charge is -2.21. The molecule has 0 bridgehead atoms. The van der Waals surface area contributed by atoms with Gasteiger partial charge >= 0.3 is 5.97 Å². The van der Waals surface area contributed by atoms with Crippen LogP contribution in [0.15, 0.2) is 0 Å². The molecule has 70 valence electrons. The van der Waals surface area contributed by atoms with Crippen molar-refractivity contribution in [2.45, 2.75) is 24.6 Å². The lowest BCUT2D eigenvalue weighted by molar-refractivity contribution is -0.140. The molecule has 0 saturated carbocycles. The van der Waals surface area contributed by atoms with Crippen molar-refractivity contribution >= 4 is 29.2 Å². The standard InChI is InChI=1S/C8H12Cl2O2/c1-2-3-8(10)6(4-9)5-12-7(8)11/h6H,2-5H2,1H3/t6-,8+/m0/s1. The Morgan fingerprint density at radius 1 is 1.75 bits per heavy atom. The summed E-state index contributed by atoms with van der Waals surface area (Å²) in [6.07, 6.45) is 1.51. The summed E-state index contributed by atoms with van der Waals surface area (Å²) in [5, 5.41) is 0. The van der Waals surface area contributed by atoms with E-state index in [-0.39, 0.29) is 11.9 Å². The third-order valence-corrected chi connectivity index (χ3v) is 3.23. The van der Waals surface area contributed by atoms with Crippen molar-refractivity contribution in [3.8, 4) is 0 Å². The SMILES string of the molecule is CCC[C@]1(Cl)C(=O)OC[C@@H]1CCl. The average molecular weight is 211 g/mol. The summed E-state index contributed by atoms with van der Waals surface area (Å²) in [6.45, 7) is 2.35. The molecule has 2 nitrogen and oxygen atoms in total. The van der Waals surface area contributed by atoms with E-state index in [0.717, 1.165) is 6.42 Å². The second-order valence-corrected chi connectivity index (χ2v) is 4.05. The molecule has 12 heavy (non-hydrogen) atoms. The van der Waals surface area contributed by atoms with Crippen molar-refractivity contribution < 1.29 is 9.53 Å². The minimum atomic E-state index is -0.851. The van der Waals surface area contributed by atoms with Gasteiger partial charge in [-0.1, -0.05) is 13.3 Å². The van der Waals surface area contributed by atoms with E-state index in [1.54, 1.807) is 0 Å². The van der Waals surface area contributed by atoms with Gasteiger partial charge in [0.15, 0.2) is 0 Å². The maximum atomic E-state index is 11.2. The van der Waals surface area contributed by atoms with Crippen molar-refractivity contribution in [3.05, 3.63) is 0 Å². The molecule has 4 heteroatoms. The normalized spacial score (nSPS) is 35.2. The van der Waals surface area contributed by atoms with Crippen LogP contribution >= 0.6 is 23.2 Å². The lowest BCUT2D eigenvalue weighted by Crippen LogP contribution is -2.35. The van der Waals surface area contributed by atoms with Crippen LogP contribution in [0.25, 0.3) is 0 Å². The van der Waals surface area contributed by atoms with Crippen LogP contribution in [0.3, 0.4) is 0 Å². The molecule has 0 aromatic heterocycles. The van der Waals surface area contributed by atoms with Crippen LogP contribution in [0.4, 0.5) is 0 Å². The molecule has 0 aromatic rings. The third-order valence-electron chi connectivity index (χ3n) is 2.20. The topological polar surface area (TPSA) is 26.3 Å². The first-order valence-electron chi connectivity index (χ1n) is 4.07. The van der Waals surface area contributed by atoms with Crippen molar-refractivity contribution in [1.29, 1.82) is 0 Å². The van der Waals surface area contributed by atoms with E-state index < -0.39 is 4.87 Å². The molecule has 0 N–H and O–H groups in total. The van der Waals surface area contributed by atoms with Gasteiger partial charge in [-0.3, -0.25) is 4.79 Å². The van der Waals surface area contributed by atoms with Crippen molar-refractivity contribution in [2.24, 2.45) is 5.92 Å². The average Bonchev–Trinajstić information content (AvgIpc) is 2.30. The molecule has 1 rings (SSSR count). The number of rotatable bonds is 3. The van der Waals surface area contributed by atoms with Gasteiger partial charge in [0.2, 0.25) is 0 Å². The Morgan fingerprint density at radius 3 is 2.92 bits per heavy atom. The fourth-order valence-electron chi connectivity index (χ4n) is 1.43. The summed E-state index contributed by atoms with van der Waals surface area (Å²) in [6, 6.07) is 0. The highest BCUT2D eigenvalue weighted by Gasteiger charge is 2.49. The number of hydrogen-bond donors (Lipinski definition) is 0. The van der Waals surface area contributed by atoms with E-state index in [2.05, 4.69) is 0 Å². The Balaban J connectivity index is 2.73. The number of ether oxygens (including phenoxy) is 1. The number of cyclic esters (lactones) is 1. The van der Waals surface area contributed by atoms with Gasteiger partial charge in [-0.25, -0.2) is 0 Å². The summed E-state index contributed by atoms with van der Waals surface area (Å²) < 4.78 is 4.87. The zero-order valence-corrected chi connectivity index (χ0v) is 8.49. The van der Waals surface area contributed by atoms with Gasteiger partial charge < -0.3 is 4.74 Å². The van der Waals surface area contributed by atoms with Crippen LogP contribution in [-0.4, -0.2) is 23.3 Å². The fraction of sp³-hybridized carbons (Fsp3) is 0.875. The number of esters is 1. The van der Waals surface area contributed by atoms with Crippen LogP contribution in [0.5, 0.6) is 0 Å². The monoisotopic (exact) mass is 210 g/mol. The van der Waals surface area contributed by atoms with Crippen molar-refractivity contribution in [2.75, 3.05) is 12.5 Å². The first kappa shape index (κ1) is 10.1. The highest BCUT2D eigenvalue weighted by molar-refractivity contribution is 6.35. The summed E-state index contributed by atoms with van der Waals surface area (Å²) in [5.74, 6) is 0.0415. The summed E-state index contributed by atoms with van der Waals surface area (Å²) in [5.41, 5.74) is 0. The first-order chi connectivity index (χ1) is 5.65. The van der Waals surface area contributed by atoms with E-state index in [1.807, 2.05) is 6.92 Å². The second kappa shape index (κ2) is 3.84. The Bertz CT molecular complexity index is 184. The van der Waals surface area contributed by atoms with Gasteiger partial charge in [-0.15, -0.1) is 23.2 Å². The van der Waals surface area contributed by atoms with Gasteiger partial charge in [-0.05, 0) is 6.42 Å². The number of alkyl halides is 2.